The zero-order chi connectivity index (χ0) is 19.6. The number of fused-ring (bicyclic) bond motifs is 1. The molecular weight excluding hydrogens is 421 g/mol. The molecule has 0 radical (unpaired) electrons. The number of hydrogen-bond acceptors (Lipinski definition) is 6. The first kappa shape index (κ1) is 22.4. The topological polar surface area (TPSA) is 60.2 Å². The molecule has 0 spiro atoms. The SMILES string of the molecule is CC.Clc1cc(NCc2cccs2)c2scc(Cl)c2n1.NC1CCCOC1. The van der Waals surface area contributed by atoms with Gasteiger partial charge in [-0.05, 0) is 24.3 Å². The average Bonchev–Trinajstić information content (AvgIpc) is 3.33. The Morgan fingerprint density at radius 3 is 2.74 bits per heavy atom. The van der Waals surface area contributed by atoms with Crippen LogP contribution in [-0.2, 0) is 11.3 Å². The van der Waals surface area contributed by atoms with Crippen LogP contribution in [-0.4, -0.2) is 24.2 Å². The Labute approximate surface area is 178 Å². The molecule has 0 aliphatic carbocycles. The molecule has 4 heterocycles. The summed E-state index contributed by atoms with van der Waals surface area (Å²) in [7, 11) is 0. The smallest absolute Gasteiger partial charge is 0.131 e. The Bertz CT molecular complexity index is 803. The maximum Gasteiger partial charge on any atom is 0.131 e. The minimum atomic E-state index is 0.314. The Morgan fingerprint density at radius 1 is 1.33 bits per heavy atom. The van der Waals surface area contributed by atoms with Crippen molar-refractivity contribution in [3.05, 3.63) is 44.0 Å². The van der Waals surface area contributed by atoms with Crippen LogP contribution >= 0.6 is 45.9 Å². The zero-order valence-electron chi connectivity index (χ0n) is 15.5. The largest absolute Gasteiger partial charge is 0.380 e. The first-order valence-corrected chi connectivity index (χ1v) is 11.5. The standard InChI is InChI=1S/C12H8Cl2N2S2.C5H11NO.C2H6/c13-8-6-18-12-9(4-10(14)16-11(8)12)15-5-7-2-1-3-17-7;6-5-2-1-3-7-4-5;1-2/h1-4,6H,5H2,(H,15,16);5H,1-4,6H2;1-2H3. The lowest BCUT2D eigenvalue weighted by molar-refractivity contribution is 0.0822. The second-order valence-corrected chi connectivity index (χ2v) is 8.37. The van der Waals surface area contributed by atoms with Crippen LogP contribution in [0.25, 0.3) is 10.2 Å². The molecular formula is C19H25Cl2N3OS2. The number of nitrogens with one attached hydrogen (secondary N) is 1. The van der Waals surface area contributed by atoms with Gasteiger partial charge in [-0.3, -0.25) is 0 Å². The average molecular weight is 446 g/mol. The molecule has 27 heavy (non-hydrogen) atoms. The number of pyridine rings is 1. The number of nitrogens with zero attached hydrogens (tertiary/aromatic N) is 1. The summed E-state index contributed by atoms with van der Waals surface area (Å²) in [4.78, 5) is 5.52. The molecule has 0 amide bonds. The molecule has 4 nitrogen and oxygen atoms in total. The van der Waals surface area contributed by atoms with E-state index in [4.69, 9.17) is 33.7 Å². The van der Waals surface area contributed by atoms with Crippen LogP contribution < -0.4 is 11.1 Å². The maximum absolute atomic E-state index is 6.08. The Balaban J connectivity index is 0.000000244. The van der Waals surface area contributed by atoms with Gasteiger partial charge in [0.15, 0.2) is 0 Å². The molecule has 3 aromatic heterocycles. The van der Waals surface area contributed by atoms with E-state index >= 15 is 0 Å². The second-order valence-electron chi connectivity index (χ2n) is 5.66. The molecule has 4 rings (SSSR count). The monoisotopic (exact) mass is 445 g/mol. The van der Waals surface area contributed by atoms with Crippen LogP contribution in [0.2, 0.25) is 10.2 Å². The normalized spacial score (nSPS) is 16.1. The van der Waals surface area contributed by atoms with Gasteiger partial charge in [-0.1, -0.05) is 43.1 Å². The van der Waals surface area contributed by atoms with E-state index in [-0.39, 0.29) is 0 Å². The molecule has 1 saturated heterocycles. The number of ether oxygens (including phenoxy) is 1. The van der Waals surface area contributed by atoms with Gasteiger partial charge >= 0.3 is 0 Å². The van der Waals surface area contributed by atoms with Crippen molar-refractivity contribution in [2.75, 3.05) is 18.5 Å². The van der Waals surface area contributed by atoms with Gasteiger partial charge in [-0.25, -0.2) is 4.98 Å². The summed E-state index contributed by atoms with van der Waals surface area (Å²) in [5, 5.41) is 8.43. The van der Waals surface area contributed by atoms with E-state index in [9.17, 15) is 0 Å². The molecule has 3 aromatic rings. The van der Waals surface area contributed by atoms with Gasteiger partial charge in [0, 0.05) is 35.5 Å². The van der Waals surface area contributed by atoms with Crippen molar-refractivity contribution in [3.8, 4) is 0 Å². The van der Waals surface area contributed by atoms with E-state index in [2.05, 4.69) is 21.7 Å². The summed E-state index contributed by atoms with van der Waals surface area (Å²) in [6.07, 6.45) is 2.28. The van der Waals surface area contributed by atoms with Crippen molar-refractivity contribution in [1.29, 1.82) is 0 Å². The molecule has 1 aliphatic rings. The van der Waals surface area contributed by atoms with Gasteiger partial charge in [-0.15, -0.1) is 22.7 Å². The van der Waals surface area contributed by atoms with Gasteiger partial charge in [0.2, 0.25) is 0 Å². The van der Waals surface area contributed by atoms with Crippen molar-refractivity contribution in [3.63, 3.8) is 0 Å². The molecule has 1 fully saturated rings. The number of nitrogens with two attached hydrogens (primary N) is 1. The lowest BCUT2D eigenvalue weighted by Gasteiger charge is -2.16. The number of aromatic nitrogens is 1. The predicted molar refractivity (Wildman–Crippen MR) is 121 cm³/mol. The van der Waals surface area contributed by atoms with E-state index in [0.717, 1.165) is 48.5 Å². The van der Waals surface area contributed by atoms with Crippen LogP contribution in [0.4, 0.5) is 5.69 Å². The van der Waals surface area contributed by atoms with E-state index in [1.807, 2.05) is 31.4 Å². The van der Waals surface area contributed by atoms with Gasteiger partial charge in [0.1, 0.15) is 10.7 Å². The lowest BCUT2D eigenvalue weighted by Crippen LogP contribution is -2.30. The van der Waals surface area contributed by atoms with Gasteiger partial charge in [0.05, 0.1) is 22.0 Å². The molecule has 3 N–H and O–H groups in total. The summed E-state index contributed by atoms with van der Waals surface area (Å²) in [5.74, 6) is 0. The third-order valence-electron chi connectivity index (χ3n) is 3.68. The van der Waals surface area contributed by atoms with E-state index in [1.54, 1.807) is 22.7 Å². The first-order chi connectivity index (χ1) is 13.1. The molecule has 0 aromatic carbocycles. The fraction of sp³-hybridized carbons (Fsp3) is 0.421. The molecule has 1 unspecified atom stereocenters. The number of halogens is 2. The number of rotatable bonds is 3. The van der Waals surface area contributed by atoms with Crippen LogP contribution in [0.15, 0.2) is 29.0 Å². The van der Waals surface area contributed by atoms with Crippen molar-refractivity contribution in [1.82, 2.24) is 4.98 Å². The summed E-state index contributed by atoms with van der Waals surface area (Å²) < 4.78 is 6.10. The highest BCUT2D eigenvalue weighted by Gasteiger charge is 2.10. The molecule has 8 heteroatoms. The Kier molecular flexibility index (Phi) is 9.82. The summed E-state index contributed by atoms with van der Waals surface area (Å²) >= 11 is 15.4. The highest BCUT2D eigenvalue weighted by Crippen LogP contribution is 2.35. The fourth-order valence-electron chi connectivity index (χ4n) is 2.44. The minimum absolute atomic E-state index is 0.314. The van der Waals surface area contributed by atoms with Crippen molar-refractivity contribution in [2.45, 2.75) is 39.3 Å². The second kappa shape index (κ2) is 11.8. The van der Waals surface area contributed by atoms with E-state index in [1.165, 1.54) is 4.88 Å². The zero-order valence-corrected chi connectivity index (χ0v) is 18.6. The van der Waals surface area contributed by atoms with Crippen LogP contribution in [0.1, 0.15) is 31.6 Å². The van der Waals surface area contributed by atoms with E-state index < -0.39 is 0 Å². The van der Waals surface area contributed by atoms with Crippen LogP contribution in [0, 0.1) is 0 Å². The molecule has 0 bridgehead atoms. The number of hydrogen-bond donors (Lipinski definition) is 2. The highest BCUT2D eigenvalue weighted by atomic mass is 35.5. The lowest BCUT2D eigenvalue weighted by atomic mass is 10.1. The maximum atomic E-state index is 6.08. The van der Waals surface area contributed by atoms with Crippen molar-refractivity contribution >= 4 is 61.8 Å². The Morgan fingerprint density at radius 2 is 2.15 bits per heavy atom. The molecule has 1 atom stereocenters. The third-order valence-corrected chi connectivity index (χ3v) is 6.17. The summed E-state index contributed by atoms with van der Waals surface area (Å²) in [5.41, 5.74) is 7.26. The summed E-state index contributed by atoms with van der Waals surface area (Å²) in [6, 6.07) is 6.29. The predicted octanol–water partition coefficient (Wildman–Crippen LogP) is 6.43. The first-order valence-electron chi connectivity index (χ1n) is 8.96. The number of anilines is 1. The van der Waals surface area contributed by atoms with Gasteiger partial charge in [0.25, 0.3) is 0 Å². The minimum Gasteiger partial charge on any atom is -0.380 e. The van der Waals surface area contributed by atoms with Crippen molar-refractivity contribution in [2.24, 2.45) is 5.73 Å². The number of thiophene rings is 2. The third kappa shape index (κ3) is 6.89. The quantitative estimate of drug-likeness (QED) is 0.456. The Hall–Kier alpha value is -0.890. The fourth-order valence-corrected chi connectivity index (χ4v) is 4.46. The summed E-state index contributed by atoms with van der Waals surface area (Å²) in [6.45, 7) is 6.45. The van der Waals surface area contributed by atoms with Crippen LogP contribution in [0.3, 0.4) is 0 Å². The van der Waals surface area contributed by atoms with Gasteiger partial charge < -0.3 is 15.8 Å². The van der Waals surface area contributed by atoms with Gasteiger partial charge in [-0.2, -0.15) is 0 Å². The van der Waals surface area contributed by atoms with E-state index in [0.29, 0.717) is 16.2 Å². The molecule has 148 valence electrons. The molecule has 0 saturated carbocycles. The van der Waals surface area contributed by atoms with Crippen LogP contribution in [0.5, 0.6) is 0 Å². The van der Waals surface area contributed by atoms with Crippen molar-refractivity contribution < 1.29 is 4.74 Å². The highest BCUT2D eigenvalue weighted by molar-refractivity contribution is 7.18. The molecule has 1 aliphatic heterocycles.